The fourth-order valence-corrected chi connectivity index (χ4v) is 2.34. The second-order valence-electron chi connectivity index (χ2n) is 4.70. The number of rotatable bonds is 2. The van der Waals surface area contributed by atoms with Gasteiger partial charge in [-0.2, -0.15) is 13.2 Å². The van der Waals surface area contributed by atoms with Crippen molar-refractivity contribution in [3.63, 3.8) is 0 Å². The van der Waals surface area contributed by atoms with Crippen molar-refractivity contribution in [2.75, 3.05) is 5.32 Å². The quantitative estimate of drug-likeness (QED) is 0.639. The molecule has 0 fully saturated rings. The number of fused-ring (bicyclic) bond motifs is 1. The van der Waals surface area contributed by atoms with Crippen molar-refractivity contribution in [3.8, 4) is 0 Å². The summed E-state index contributed by atoms with van der Waals surface area (Å²) < 4.78 is 37.6. The first-order valence-corrected chi connectivity index (χ1v) is 7.14. The van der Waals surface area contributed by atoms with Gasteiger partial charge in [-0.15, -0.1) is 0 Å². The van der Waals surface area contributed by atoms with Crippen molar-refractivity contribution in [1.82, 2.24) is 9.97 Å². The Balaban J connectivity index is 1.97. The average molecular weight is 358 g/mol. The predicted octanol–water partition coefficient (Wildman–Crippen LogP) is 5.70. The molecule has 23 heavy (non-hydrogen) atoms. The number of nitrogens with zero attached hydrogens (tertiary/aromatic N) is 2. The molecule has 0 aliphatic carbocycles. The Labute approximate surface area is 139 Å². The Hall–Kier alpha value is -2.05. The van der Waals surface area contributed by atoms with Crippen molar-refractivity contribution < 1.29 is 13.2 Å². The van der Waals surface area contributed by atoms with Gasteiger partial charge in [-0.3, -0.25) is 4.98 Å². The topological polar surface area (TPSA) is 37.8 Å². The summed E-state index contributed by atoms with van der Waals surface area (Å²) in [5.41, 5.74) is 0.412. The number of anilines is 2. The summed E-state index contributed by atoms with van der Waals surface area (Å²) in [7, 11) is 0. The molecule has 0 aliphatic heterocycles. The van der Waals surface area contributed by atoms with Crippen LogP contribution < -0.4 is 5.32 Å². The molecule has 0 radical (unpaired) electrons. The van der Waals surface area contributed by atoms with Gasteiger partial charge in [-0.1, -0.05) is 23.2 Å². The van der Waals surface area contributed by atoms with Gasteiger partial charge < -0.3 is 5.32 Å². The molecular formula is C15H8Cl2F3N3. The standard InChI is InChI=1S/C15H8Cl2F3N3/c16-10-5-9-12(3-4-21-13(9)6-11(10)17)23-14-2-1-8(7-22-14)15(18,19)20/h1-7H,(H,21,22,23). The van der Waals surface area contributed by atoms with Gasteiger partial charge in [-0.05, 0) is 30.3 Å². The minimum atomic E-state index is -4.42. The number of hydrogen-bond acceptors (Lipinski definition) is 3. The summed E-state index contributed by atoms with van der Waals surface area (Å²) in [5.74, 6) is 0.275. The summed E-state index contributed by atoms with van der Waals surface area (Å²) in [6.45, 7) is 0. The van der Waals surface area contributed by atoms with E-state index in [0.717, 1.165) is 12.3 Å². The van der Waals surface area contributed by atoms with Crippen LogP contribution in [-0.4, -0.2) is 9.97 Å². The fraction of sp³-hybridized carbons (Fsp3) is 0.0667. The molecule has 0 amide bonds. The first-order valence-electron chi connectivity index (χ1n) is 6.38. The number of benzene rings is 1. The lowest BCUT2D eigenvalue weighted by Gasteiger charge is -2.11. The average Bonchev–Trinajstić information content (AvgIpc) is 2.49. The van der Waals surface area contributed by atoms with Gasteiger partial charge in [0.2, 0.25) is 0 Å². The van der Waals surface area contributed by atoms with Crippen LogP contribution in [0.1, 0.15) is 5.56 Å². The van der Waals surface area contributed by atoms with Crippen LogP contribution in [0.25, 0.3) is 10.9 Å². The summed E-state index contributed by atoms with van der Waals surface area (Å²) in [6, 6.07) is 7.14. The maximum Gasteiger partial charge on any atom is 0.417 e. The molecule has 0 bridgehead atoms. The minimum Gasteiger partial charge on any atom is -0.340 e. The normalized spacial score (nSPS) is 11.7. The zero-order valence-corrected chi connectivity index (χ0v) is 12.8. The van der Waals surface area contributed by atoms with E-state index in [1.165, 1.54) is 6.07 Å². The van der Waals surface area contributed by atoms with E-state index in [0.29, 0.717) is 26.6 Å². The van der Waals surface area contributed by atoms with Crippen LogP contribution in [0.4, 0.5) is 24.7 Å². The SMILES string of the molecule is FC(F)(F)c1ccc(Nc2ccnc3cc(Cl)c(Cl)cc23)nc1. The number of halogens is 5. The minimum absolute atomic E-state index is 0.275. The van der Waals surface area contributed by atoms with Gasteiger partial charge in [0.25, 0.3) is 0 Å². The molecule has 3 nitrogen and oxygen atoms in total. The molecule has 3 rings (SSSR count). The molecule has 2 aromatic heterocycles. The van der Waals surface area contributed by atoms with Gasteiger partial charge in [0.1, 0.15) is 5.82 Å². The lowest BCUT2D eigenvalue weighted by atomic mass is 10.2. The highest BCUT2D eigenvalue weighted by molar-refractivity contribution is 6.42. The highest BCUT2D eigenvalue weighted by Crippen LogP contribution is 2.33. The fourth-order valence-electron chi connectivity index (χ4n) is 2.02. The molecule has 0 atom stereocenters. The molecule has 1 N–H and O–H groups in total. The second-order valence-corrected chi connectivity index (χ2v) is 5.51. The second kappa shape index (κ2) is 5.86. The molecule has 0 aliphatic rings. The zero-order chi connectivity index (χ0) is 16.6. The summed E-state index contributed by atoms with van der Waals surface area (Å²) in [5, 5.41) is 4.36. The van der Waals surface area contributed by atoms with E-state index in [4.69, 9.17) is 23.2 Å². The highest BCUT2D eigenvalue weighted by atomic mass is 35.5. The largest absolute Gasteiger partial charge is 0.417 e. The van der Waals surface area contributed by atoms with Crippen molar-refractivity contribution in [2.45, 2.75) is 6.18 Å². The Kier molecular flexibility index (Phi) is 4.04. The van der Waals surface area contributed by atoms with Gasteiger partial charge in [0, 0.05) is 17.8 Å². The third-order valence-electron chi connectivity index (χ3n) is 3.14. The van der Waals surface area contributed by atoms with E-state index in [1.54, 1.807) is 24.4 Å². The predicted molar refractivity (Wildman–Crippen MR) is 84.3 cm³/mol. The third kappa shape index (κ3) is 3.33. The molecule has 0 unspecified atom stereocenters. The van der Waals surface area contributed by atoms with E-state index in [-0.39, 0.29) is 5.82 Å². The van der Waals surface area contributed by atoms with E-state index >= 15 is 0 Å². The lowest BCUT2D eigenvalue weighted by molar-refractivity contribution is -0.137. The summed E-state index contributed by atoms with van der Waals surface area (Å²) in [4.78, 5) is 7.96. The van der Waals surface area contributed by atoms with E-state index in [9.17, 15) is 13.2 Å². The van der Waals surface area contributed by atoms with Crippen LogP contribution in [-0.2, 0) is 6.18 Å². The van der Waals surface area contributed by atoms with Crippen LogP contribution in [0.2, 0.25) is 10.0 Å². The zero-order valence-electron chi connectivity index (χ0n) is 11.3. The number of aromatic nitrogens is 2. The van der Waals surface area contributed by atoms with Crippen LogP contribution in [0.15, 0.2) is 42.7 Å². The number of alkyl halides is 3. The van der Waals surface area contributed by atoms with Gasteiger partial charge >= 0.3 is 6.18 Å². The molecule has 1 aromatic carbocycles. The Morgan fingerprint density at radius 1 is 0.957 bits per heavy atom. The maximum absolute atomic E-state index is 12.5. The third-order valence-corrected chi connectivity index (χ3v) is 3.86. The first kappa shape index (κ1) is 15.8. The molecule has 0 spiro atoms. The maximum atomic E-state index is 12.5. The van der Waals surface area contributed by atoms with Crippen LogP contribution in [0, 0.1) is 0 Å². The molecule has 0 saturated carbocycles. The van der Waals surface area contributed by atoms with Crippen LogP contribution in [0.5, 0.6) is 0 Å². The molecule has 2 heterocycles. The van der Waals surface area contributed by atoms with E-state index in [2.05, 4.69) is 15.3 Å². The van der Waals surface area contributed by atoms with Crippen molar-refractivity contribution in [1.29, 1.82) is 0 Å². The van der Waals surface area contributed by atoms with E-state index in [1.807, 2.05) is 0 Å². The molecule has 8 heteroatoms. The van der Waals surface area contributed by atoms with Crippen molar-refractivity contribution >= 4 is 45.6 Å². The van der Waals surface area contributed by atoms with E-state index < -0.39 is 11.7 Å². The Morgan fingerprint density at radius 2 is 1.70 bits per heavy atom. The molecule has 118 valence electrons. The Bertz CT molecular complexity index is 864. The number of hydrogen-bond donors (Lipinski definition) is 1. The molecular weight excluding hydrogens is 350 g/mol. The Morgan fingerprint density at radius 3 is 2.35 bits per heavy atom. The van der Waals surface area contributed by atoms with Gasteiger partial charge in [0.15, 0.2) is 0 Å². The molecule has 3 aromatic rings. The first-order chi connectivity index (χ1) is 10.8. The smallest absolute Gasteiger partial charge is 0.340 e. The van der Waals surface area contributed by atoms with Crippen LogP contribution >= 0.6 is 23.2 Å². The summed E-state index contributed by atoms with van der Waals surface area (Å²) >= 11 is 12.0. The lowest BCUT2D eigenvalue weighted by Crippen LogP contribution is -2.05. The number of nitrogens with one attached hydrogen (secondary N) is 1. The van der Waals surface area contributed by atoms with Gasteiger partial charge in [-0.25, -0.2) is 4.98 Å². The van der Waals surface area contributed by atoms with Gasteiger partial charge in [0.05, 0.1) is 26.8 Å². The van der Waals surface area contributed by atoms with Crippen LogP contribution in [0.3, 0.4) is 0 Å². The van der Waals surface area contributed by atoms with Crippen molar-refractivity contribution in [2.24, 2.45) is 0 Å². The molecule has 0 saturated heterocycles. The van der Waals surface area contributed by atoms with Crippen molar-refractivity contribution in [3.05, 3.63) is 58.3 Å². The number of pyridine rings is 2. The summed E-state index contributed by atoms with van der Waals surface area (Å²) in [6.07, 6.45) is -2.09. The monoisotopic (exact) mass is 357 g/mol. The highest BCUT2D eigenvalue weighted by Gasteiger charge is 2.30.